The second-order valence-corrected chi connectivity index (χ2v) is 6.40. The summed E-state index contributed by atoms with van der Waals surface area (Å²) < 4.78 is 0. The van der Waals surface area contributed by atoms with E-state index in [0.717, 1.165) is 24.1 Å². The first kappa shape index (κ1) is 18.7. The van der Waals surface area contributed by atoms with E-state index in [1.165, 1.54) is 5.56 Å². The Morgan fingerprint density at radius 1 is 1.24 bits per heavy atom. The minimum Gasteiger partial charge on any atom is -0.356 e. The number of hydrogen-bond acceptors (Lipinski definition) is 3. The summed E-state index contributed by atoms with van der Waals surface area (Å²) in [5.41, 5.74) is 3.89. The smallest absolute Gasteiger partial charge is 0.251 e. The Hall–Kier alpha value is -2.63. The van der Waals surface area contributed by atoms with Gasteiger partial charge in [-0.25, -0.2) is 0 Å². The number of carbonyl (C=O) groups excluding carboxylic acids is 2. The molecule has 0 bridgehead atoms. The molecule has 2 amide bonds. The van der Waals surface area contributed by atoms with Crippen LogP contribution >= 0.6 is 0 Å². The van der Waals surface area contributed by atoms with Crippen LogP contribution in [0, 0.1) is 19.8 Å². The van der Waals surface area contributed by atoms with Gasteiger partial charge in [0.25, 0.3) is 5.91 Å². The number of carbonyl (C=O) groups is 2. The number of aryl methyl sites for hydroxylation is 3. The van der Waals surface area contributed by atoms with Gasteiger partial charge in [0.2, 0.25) is 5.91 Å². The van der Waals surface area contributed by atoms with Crippen LogP contribution in [0.1, 0.15) is 40.5 Å². The SMILES string of the molecule is Cc1cccc(C(=O)NCC(C)C(=O)NCCCc2cn[nH]c2C)c1. The molecule has 2 rings (SSSR count). The number of nitrogens with one attached hydrogen (secondary N) is 3. The average Bonchev–Trinajstić information content (AvgIpc) is 3.01. The van der Waals surface area contributed by atoms with E-state index in [1.54, 1.807) is 6.07 Å². The zero-order chi connectivity index (χ0) is 18.2. The predicted octanol–water partition coefficient (Wildman–Crippen LogP) is 2.14. The number of aromatic amines is 1. The van der Waals surface area contributed by atoms with Gasteiger partial charge in [-0.3, -0.25) is 14.7 Å². The molecule has 25 heavy (non-hydrogen) atoms. The van der Waals surface area contributed by atoms with E-state index in [2.05, 4.69) is 20.8 Å². The molecule has 3 N–H and O–H groups in total. The number of aromatic nitrogens is 2. The molecule has 0 aliphatic rings. The maximum atomic E-state index is 12.1. The van der Waals surface area contributed by atoms with E-state index in [4.69, 9.17) is 0 Å². The van der Waals surface area contributed by atoms with Crippen molar-refractivity contribution in [3.8, 4) is 0 Å². The van der Waals surface area contributed by atoms with E-state index in [-0.39, 0.29) is 17.7 Å². The van der Waals surface area contributed by atoms with E-state index < -0.39 is 0 Å². The maximum Gasteiger partial charge on any atom is 0.251 e. The van der Waals surface area contributed by atoms with Crippen LogP contribution in [-0.4, -0.2) is 35.1 Å². The second-order valence-electron chi connectivity index (χ2n) is 6.40. The van der Waals surface area contributed by atoms with Crippen LogP contribution in [0.2, 0.25) is 0 Å². The van der Waals surface area contributed by atoms with Crippen molar-refractivity contribution in [3.05, 3.63) is 52.8 Å². The Labute approximate surface area is 148 Å². The first-order chi connectivity index (χ1) is 12.0. The fourth-order valence-corrected chi connectivity index (χ4v) is 2.52. The van der Waals surface area contributed by atoms with Crippen molar-refractivity contribution in [2.24, 2.45) is 5.92 Å². The zero-order valence-electron chi connectivity index (χ0n) is 15.1. The minimum atomic E-state index is -0.274. The average molecular weight is 342 g/mol. The van der Waals surface area contributed by atoms with Gasteiger partial charge in [-0.1, -0.05) is 24.6 Å². The van der Waals surface area contributed by atoms with Crippen molar-refractivity contribution in [2.45, 2.75) is 33.6 Å². The first-order valence-corrected chi connectivity index (χ1v) is 8.59. The van der Waals surface area contributed by atoms with Crippen LogP contribution in [0.4, 0.5) is 0 Å². The molecule has 0 aliphatic carbocycles. The third-order valence-corrected chi connectivity index (χ3v) is 4.15. The lowest BCUT2D eigenvalue weighted by Gasteiger charge is -2.13. The molecular weight excluding hydrogens is 316 g/mol. The van der Waals surface area contributed by atoms with E-state index in [9.17, 15) is 9.59 Å². The second kappa shape index (κ2) is 9.01. The molecule has 1 unspecified atom stereocenters. The quantitative estimate of drug-likeness (QED) is 0.642. The lowest BCUT2D eigenvalue weighted by Crippen LogP contribution is -2.37. The van der Waals surface area contributed by atoms with Crippen molar-refractivity contribution in [2.75, 3.05) is 13.1 Å². The van der Waals surface area contributed by atoms with Crippen LogP contribution in [0.25, 0.3) is 0 Å². The molecule has 1 aromatic carbocycles. The third-order valence-electron chi connectivity index (χ3n) is 4.15. The largest absolute Gasteiger partial charge is 0.356 e. The molecule has 0 aliphatic heterocycles. The van der Waals surface area contributed by atoms with Gasteiger partial charge in [0, 0.05) is 24.3 Å². The lowest BCUT2D eigenvalue weighted by molar-refractivity contribution is -0.124. The Morgan fingerprint density at radius 2 is 2.04 bits per heavy atom. The molecule has 1 atom stereocenters. The fourth-order valence-electron chi connectivity index (χ4n) is 2.52. The van der Waals surface area contributed by atoms with E-state index >= 15 is 0 Å². The molecule has 0 spiro atoms. The number of benzene rings is 1. The zero-order valence-corrected chi connectivity index (χ0v) is 15.1. The number of nitrogens with zero attached hydrogens (tertiary/aromatic N) is 1. The highest BCUT2D eigenvalue weighted by atomic mass is 16.2. The summed E-state index contributed by atoms with van der Waals surface area (Å²) in [6, 6.07) is 7.39. The molecule has 0 fully saturated rings. The third kappa shape index (κ3) is 5.74. The topological polar surface area (TPSA) is 86.9 Å². The Morgan fingerprint density at radius 3 is 2.72 bits per heavy atom. The van der Waals surface area contributed by atoms with Crippen LogP contribution in [0.5, 0.6) is 0 Å². The minimum absolute atomic E-state index is 0.0477. The summed E-state index contributed by atoms with van der Waals surface area (Å²) >= 11 is 0. The van der Waals surface area contributed by atoms with Gasteiger partial charge in [-0.05, 0) is 44.4 Å². The lowest BCUT2D eigenvalue weighted by atomic mass is 10.1. The van der Waals surface area contributed by atoms with Gasteiger partial charge in [-0.2, -0.15) is 5.10 Å². The van der Waals surface area contributed by atoms with Crippen molar-refractivity contribution >= 4 is 11.8 Å². The molecule has 2 aromatic rings. The molecule has 1 heterocycles. The molecule has 0 radical (unpaired) electrons. The van der Waals surface area contributed by atoms with Crippen LogP contribution < -0.4 is 10.6 Å². The highest BCUT2D eigenvalue weighted by Gasteiger charge is 2.14. The normalized spacial score (nSPS) is 11.8. The molecule has 6 heteroatoms. The van der Waals surface area contributed by atoms with Crippen molar-refractivity contribution in [1.82, 2.24) is 20.8 Å². The van der Waals surface area contributed by atoms with E-state index in [0.29, 0.717) is 18.7 Å². The van der Waals surface area contributed by atoms with Gasteiger partial charge in [0.05, 0.1) is 12.1 Å². The summed E-state index contributed by atoms with van der Waals surface area (Å²) in [5.74, 6) is -0.475. The van der Waals surface area contributed by atoms with E-state index in [1.807, 2.05) is 45.2 Å². The van der Waals surface area contributed by atoms with Gasteiger partial charge >= 0.3 is 0 Å². The van der Waals surface area contributed by atoms with Crippen molar-refractivity contribution < 1.29 is 9.59 Å². The summed E-state index contributed by atoms with van der Waals surface area (Å²) in [6.07, 6.45) is 3.55. The Balaban J connectivity index is 1.67. The Bertz CT molecular complexity index is 724. The maximum absolute atomic E-state index is 12.1. The van der Waals surface area contributed by atoms with Crippen LogP contribution in [0.15, 0.2) is 30.5 Å². The van der Waals surface area contributed by atoms with Gasteiger partial charge in [-0.15, -0.1) is 0 Å². The Kier molecular flexibility index (Phi) is 6.74. The highest BCUT2D eigenvalue weighted by molar-refractivity contribution is 5.94. The van der Waals surface area contributed by atoms with Crippen LogP contribution in [0.3, 0.4) is 0 Å². The van der Waals surface area contributed by atoms with Crippen molar-refractivity contribution in [3.63, 3.8) is 0 Å². The molecular formula is C19H26N4O2. The van der Waals surface area contributed by atoms with Gasteiger partial charge in [0.15, 0.2) is 0 Å². The monoisotopic (exact) mass is 342 g/mol. The molecule has 6 nitrogen and oxygen atoms in total. The number of rotatable bonds is 8. The van der Waals surface area contributed by atoms with Crippen molar-refractivity contribution in [1.29, 1.82) is 0 Å². The standard InChI is InChI=1S/C19H26N4O2/c1-13-6-4-7-16(10-13)19(25)21-11-14(2)18(24)20-9-5-8-17-12-22-23-15(17)3/h4,6-7,10,12,14H,5,8-9,11H2,1-3H3,(H,20,24)(H,21,25)(H,22,23). The number of H-pyrrole nitrogens is 1. The van der Waals surface area contributed by atoms with Crippen LogP contribution in [-0.2, 0) is 11.2 Å². The van der Waals surface area contributed by atoms with Gasteiger partial charge < -0.3 is 10.6 Å². The number of hydrogen-bond donors (Lipinski definition) is 3. The fraction of sp³-hybridized carbons (Fsp3) is 0.421. The van der Waals surface area contributed by atoms with Gasteiger partial charge in [0.1, 0.15) is 0 Å². The highest BCUT2D eigenvalue weighted by Crippen LogP contribution is 2.06. The summed E-state index contributed by atoms with van der Waals surface area (Å²) in [5, 5.41) is 12.6. The molecule has 1 aromatic heterocycles. The first-order valence-electron chi connectivity index (χ1n) is 8.59. The molecule has 0 saturated heterocycles. The summed E-state index contributed by atoms with van der Waals surface area (Å²) in [4.78, 5) is 24.2. The summed E-state index contributed by atoms with van der Waals surface area (Å²) in [7, 11) is 0. The molecule has 134 valence electrons. The predicted molar refractivity (Wildman–Crippen MR) is 97.3 cm³/mol. The molecule has 0 saturated carbocycles. The number of amides is 2. The summed E-state index contributed by atoms with van der Waals surface area (Å²) in [6.45, 7) is 6.67.